The number of nitrogens with zero attached hydrogens (tertiary/aromatic N) is 2. The molecular weight excluding hydrogens is 324 g/mol. The van der Waals surface area contributed by atoms with Crippen LogP contribution < -0.4 is 15.8 Å². The zero-order valence-corrected chi connectivity index (χ0v) is 14.2. The third-order valence-electron chi connectivity index (χ3n) is 3.51. The maximum absolute atomic E-state index is 11.1. The molecule has 1 amide bonds. The molecule has 132 valence electrons. The van der Waals surface area contributed by atoms with Gasteiger partial charge in [0.25, 0.3) is 6.47 Å². The van der Waals surface area contributed by atoms with Crippen LogP contribution in [0.5, 0.6) is 11.6 Å². The summed E-state index contributed by atoms with van der Waals surface area (Å²) < 4.78 is 10.7. The summed E-state index contributed by atoms with van der Waals surface area (Å²) in [4.78, 5) is 29.5. The van der Waals surface area contributed by atoms with Crippen LogP contribution in [0.25, 0.3) is 0 Å². The number of benzene rings is 1. The van der Waals surface area contributed by atoms with Crippen LogP contribution in [-0.4, -0.2) is 27.9 Å². The number of nitrogens with two attached hydrogens (primary N) is 1. The Kier molecular flexibility index (Phi) is 5.66. The number of hydrogen-bond acceptors (Lipinski definition) is 7. The minimum atomic E-state index is -0.829. The van der Waals surface area contributed by atoms with E-state index in [-0.39, 0.29) is 5.91 Å². The summed E-state index contributed by atoms with van der Waals surface area (Å²) in [7, 11) is 0. The molecule has 0 aliphatic carbocycles. The van der Waals surface area contributed by atoms with Gasteiger partial charge in [-0.1, -0.05) is 12.1 Å². The van der Waals surface area contributed by atoms with Crippen molar-refractivity contribution < 1.29 is 19.1 Å². The van der Waals surface area contributed by atoms with Crippen LogP contribution in [0, 0.1) is 0 Å². The van der Waals surface area contributed by atoms with Gasteiger partial charge in [-0.3, -0.25) is 9.59 Å². The van der Waals surface area contributed by atoms with Crippen molar-refractivity contribution in [3.05, 3.63) is 42.2 Å². The van der Waals surface area contributed by atoms with Gasteiger partial charge in [-0.15, -0.1) is 0 Å². The molecule has 0 fully saturated rings. The Morgan fingerprint density at radius 3 is 2.56 bits per heavy atom. The van der Waals surface area contributed by atoms with Crippen molar-refractivity contribution in [3.8, 4) is 11.6 Å². The number of carbonyl (C=O) groups is 2. The lowest BCUT2D eigenvalue weighted by Crippen LogP contribution is -2.37. The second kappa shape index (κ2) is 7.71. The summed E-state index contributed by atoms with van der Waals surface area (Å²) in [6.45, 7) is 5.25. The lowest BCUT2D eigenvalue weighted by molar-refractivity contribution is -0.142. The fourth-order valence-electron chi connectivity index (χ4n) is 2.11. The molecule has 1 atom stereocenters. The van der Waals surface area contributed by atoms with Crippen LogP contribution in [0.15, 0.2) is 36.7 Å². The fourth-order valence-corrected chi connectivity index (χ4v) is 2.11. The molecular formula is C17H20N4O4. The van der Waals surface area contributed by atoms with E-state index >= 15 is 0 Å². The zero-order chi connectivity index (χ0) is 18.4. The largest absolute Gasteiger partial charge is 0.460 e. The van der Waals surface area contributed by atoms with Gasteiger partial charge in [0.15, 0.2) is 0 Å². The van der Waals surface area contributed by atoms with E-state index in [0.29, 0.717) is 23.9 Å². The molecule has 25 heavy (non-hydrogen) atoms. The van der Waals surface area contributed by atoms with E-state index in [1.807, 2.05) is 0 Å². The van der Waals surface area contributed by atoms with E-state index in [9.17, 15) is 9.59 Å². The Balaban J connectivity index is 2.10. The average molecular weight is 344 g/mol. The van der Waals surface area contributed by atoms with Gasteiger partial charge < -0.3 is 20.5 Å². The minimum absolute atomic E-state index is 0.233. The maximum Gasteiger partial charge on any atom is 0.293 e. The molecule has 2 aromatic rings. The normalized spacial score (nSPS) is 12.2. The second-order valence-electron chi connectivity index (χ2n) is 5.89. The first-order valence-electron chi connectivity index (χ1n) is 7.56. The number of amides is 1. The highest BCUT2D eigenvalue weighted by molar-refractivity contribution is 5.87. The van der Waals surface area contributed by atoms with Crippen molar-refractivity contribution in [1.29, 1.82) is 0 Å². The molecule has 3 N–H and O–H groups in total. The minimum Gasteiger partial charge on any atom is -0.460 e. The Morgan fingerprint density at radius 2 is 1.96 bits per heavy atom. The van der Waals surface area contributed by atoms with Crippen molar-refractivity contribution in [3.63, 3.8) is 0 Å². The molecule has 0 saturated heterocycles. The highest BCUT2D eigenvalue weighted by atomic mass is 16.5. The molecule has 1 aromatic carbocycles. The lowest BCUT2D eigenvalue weighted by Gasteiger charge is -2.29. The summed E-state index contributed by atoms with van der Waals surface area (Å²) in [6, 6.07) is 8.05. The highest BCUT2D eigenvalue weighted by Gasteiger charge is 2.29. The lowest BCUT2D eigenvalue weighted by atomic mass is 9.92. The Labute approximate surface area is 145 Å². The quantitative estimate of drug-likeness (QED) is 0.739. The number of hydrogen-bond donors (Lipinski definition) is 2. The summed E-state index contributed by atoms with van der Waals surface area (Å²) in [5.41, 5.74) is 6.11. The van der Waals surface area contributed by atoms with Gasteiger partial charge >= 0.3 is 0 Å². The smallest absolute Gasteiger partial charge is 0.293 e. The third kappa shape index (κ3) is 4.98. The topological polar surface area (TPSA) is 116 Å². The van der Waals surface area contributed by atoms with Gasteiger partial charge in [0.2, 0.25) is 11.8 Å². The van der Waals surface area contributed by atoms with E-state index in [1.165, 1.54) is 19.3 Å². The van der Waals surface area contributed by atoms with E-state index < -0.39 is 11.6 Å². The van der Waals surface area contributed by atoms with Crippen LogP contribution in [0.3, 0.4) is 0 Å². The van der Waals surface area contributed by atoms with Gasteiger partial charge in [-0.05, 0) is 31.5 Å². The van der Waals surface area contributed by atoms with E-state index in [0.717, 1.165) is 5.56 Å². The van der Waals surface area contributed by atoms with Crippen molar-refractivity contribution in [2.24, 2.45) is 5.73 Å². The first-order chi connectivity index (χ1) is 11.8. The molecule has 8 heteroatoms. The van der Waals surface area contributed by atoms with Gasteiger partial charge in [0.1, 0.15) is 23.5 Å². The average Bonchev–Trinajstić information content (AvgIpc) is 2.54. The maximum atomic E-state index is 11.1. The third-order valence-corrected chi connectivity index (χ3v) is 3.51. The highest BCUT2D eigenvalue weighted by Crippen LogP contribution is 2.28. The van der Waals surface area contributed by atoms with Gasteiger partial charge in [0.05, 0.1) is 6.04 Å². The Morgan fingerprint density at radius 1 is 1.28 bits per heavy atom. The van der Waals surface area contributed by atoms with Crippen molar-refractivity contribution in [1.82, 2.24) is 9.97 Å². The predicted molar refractivity (Wildman–Crippen MR) is 91.0 cm³/mol. The van der Waals surface area contributed by atoms with E-state index in [2.05, 4.69) is 15.3 Å². The van der Waals surface area contributed by atoms with Crippen LogP contribution in [0.2, 0.25) is 0 Å². The molecule has 0 aliphatic rings. The van der Waals surface area contributed by atoms with Crippen LogP contribution in [0.1, 0.15) is 32.4 Å². The molecule has 8 nitrogen and oxygen atoms in total. The molecule has 0 saturated carbocycles. The second-order valence-corrected chi connectivity index (χ2v) is 5.89. The van der Waals surface area contributed by atoms with Crippen molar-refractivity contribution in [2.75, 3.05) is 5.32 Å². The SMILES string of the molecule is CC(=O)Nc1cc(Oc2ccc(C(N)C(C)(C)OC=O)cc2)ncn1. The molecule has 0 radical (unpaired) electrons. The molecule has 1 aromatic heterocycles. The number of aromatic nitrogens is 2. The number of rotatable bonds is 7. The van der Waals surface area contributed by atoms with Gasteiger partial charge in [-0.2, -0.15) is 0 Å². The van der Waals surface area contributed by atoms with Crippen LogP contribution >= 0.6 is 0 Å². The van der Waals surface area contributed by atoms with Gasteiger partial charge in [-0.25, -0.2) is 9.97 Å². The van der Waals surface area contributed by atoms with Crippen molar-refractivity contribution >= 4 is 18.2 Å². The summed E-state index contributed by atoms with van der Waals surface area (Å²) >= 11 is 0. The number of anilines is 1. The van der Waals surface area contributed by atoms with Gasteiger partial charge in [0, 0.05) is 13.0 Å². The molecule has 0 aliphatic heterocycles. The first-order valence-corrected chi connectivity index (χ1v) is 7.56. The number of carbonyl (C=O) groups excluding carboxylic acids is 2. The van der Waals surface area contributed by atoms with E-state index in [1.54, 1.807) is 38.1 Å². The van der Waals surface area contributed by atoms with Crippen LogP contribution in [0.4, 0.5) is 5.82 Å². The number of nitrogens with one attached hydrogen (secondary N) is 1. The first kappa shape index (κ1) is 18.3. The fraction of sp³-hybridized carbons (Fsp3) is 0.294. The molecule has 1 unspecified atom stereocenters. The zero-order valence-electron chi connectivity index (χ0n) is 14.2. The predicted octanol–water partition coefficient (Wildman–Crippen LogP) is 2.18. The molecule has 0 bridgehead atoms. The standard InChI is InChI=1S/C17H20N4O4/c1-11(23)21-14-8-15(20-9-19-14)25-13-6-4-12(5-7-13)16(18)17(2,3)24-10-22/h4-10,16H,18H2,1-3H3,(H,19,20,21,23). The van der Waals surface area contributed by atoms with E-state index in [4.69, 9.17) is 15.2 Å². The summed E-state index contributed by atoms with van der Waals surface area (Å²) in [6.07, 6.45) is 1.30. The monoisotopic (exact) mass is 344 g/mol. The number of ether oxygens (including phenoxy) is 2. The molecule has 2 rings (SSSR count). The van der Waals surface area contributed by atoms with Crippen molar-refractivity contribution in [2.45, 2.75) is 32.4 Å². The Hall–Kier alpha value is -3.00. The van der Waals surface area contributed by atoms with Crippen LogP contribution in [-0.2, 0) is 14.3 Å². The molecule has 1 heterocycles. The Bertz CT molecular complexity index is 747. The summed E-state index contributed by atoms with van der Waals surface area (Å²) in [5.74, 6) is 0.949. The summed E-state index contributed by atoms with van der Waals surface area (Å²) in [5, 5.41) is 2.55. The molecule has 0 spiro atoms.